The summed E-state index contributed by atoms with van der Waals surface area (Å²) in [6, 6.07) is 12.9. The maximum Gasteiger partial charge on any atom is 0.125 e. The molecular weight excluding hydrogens is 326 g/mol. The Kier molecular flexibility index (Phi) is 3.09. The number of benzene rings is 2. The second-order valence-corrected chi connectivity index (χ2v) is 7.06. The average molecular weight is 344 g/mol. The van der Waals surface area contributed by atoms with Crippen LogP contribution in [0.3, 0.4) is 0 Å². The molecule has 21 heavy (non-hydrogen) atoms. The van der Waals surface area contributed by atoms with Crippen LogP contribution in [0.4, 0.5) is 0 Å². The van der Waals surface area contributed by atoms with Crippen molar-refractivity contribution in [3.05, 3.63) is 63.1 Å². The molecular formula is C18H18BrNO. The van der Waals surface area contributed by atoms with Crippen LogP contribution in [0.15, 0.2) is 40.9 Å². The highest BCUT2D eigenvalue weighted by molar-refractivity contribution is 9.10. The van der Waals surface area contributed by atoms with Crippen molar-refractivity contribution in [2.24, 2.45) is 5.73 Å². The molecule has 2 aliphatic rings. The SMILES string of the molecule is NC1(Cc2cc(Br)cc3c2OCC3)CCc2ccccc21. The molecule has 0 aromatic heterocycles. The van der Waals surface area contributed by atoms with Crippen LogP contribution >= 0.6 is 15.9 Å². The first kappa shape index (κ1) is 13.4. The van der Waals surface area contributed by atoms with E-state index in [9.17, 15) is 0 Å². The normalized spacial score (nSPS) is 22.8. The van der Waals surface area contributed by atoms with Gasteiger partial charge in [-0.25, -0.2) is 0 Å². The van der Waals surface area contributed by atoms with Crippen LogP contribution in [0.25, 0.3) is 0 Å². The van der Waals surface area contributed by atoms with Crippen molar-refractivity contribution in [1.29, 1.82) is 0 Å². The fraction of sp³-hybridized carbons (Fsp3) is 0.333. The Morgan fingerprint density at radius 2 is 2.00 bits per heavy atom. The van der Waals surface area contributed by atoms with E-state index in [0.717, 1.165) is 42.5 Å². The standard InChI is InChI=1S/C18H18BrNO/c19-15-9-13-6-8-21-17(13)14(10-15)11-18(20)7-5-12-3-1-2-4-16(12)18/h1-4,9-10H,5-8,11,20H2. The van der Waals surface area contributed by atoms with E-state index in [4.69, 9.17) is 10.5 Å². The molecule has 0 saturated heterocycles. The summed E-state index contributed by atoms with van der Waals surface area (Å²) in [5.41, 5.74) is 11.7. The zero-order valence-corrected chi connectivity index (χ0v) is 13.4. The van der Waals surface area contributed by atoms with Gasteiger partial charge in [0.05, 0.1) is 6.61 Å². The third-order valence-corrected chi connectivity index (χ3v) is 5.18. The zero-order chi connectivity index (χ0) is 14.4. The molecule has 3 heteroatoms. The molecule has 4 rings (SSSR count). The highest BCUT2D eigenvalue weighted by Gasteiger charge is 2.36. The number of fused-ring (bicyclic) bond motifs is 2. The zero-order valence-electron chi connectivity index (χ0n) is 11.9. The molecule has 1 heterocycles. The van der Waals surface area contributed by atoms with Gasteiger partial charge in [-0.3, -0.25) is 0 Å². The van der Waals surface area contributed by atoms with E-state index in [0.29, 0.717) is 0 Å². The molecule has 1 atom stereocenters. The van der Waals surface area contributed by atoms with Gasteiger partial charge in [0.1, 0.15) is 5.75 Å². The smallest absolute Gasteiger partial charge is 0.125 e. The fourth-order valence-corrected chi connectivity index (χ4v) is 4.27. The third kappa shape index (κ3) is 2.19. The first-order valence-electron chi connectivity index (χ1n) is 7.47. The van der Waals surface area contributed by atoms with Crippen molar-refractivity contribution >= 4 is 15.9 Å². The van der Waals surface area contributed by atoms with Crippen molar-refractivity contribution < 1.29 is 4.74 Å². The van der Waals surface area contributed by atoms with Crippen molar-refractivity contribution in [2.45, 2.75) is 31.2 Å². The molecule has 2 N–H and O–H groups in total. The minimum absolute atomic E-state index is 0.267. The summed E-state index contributed by atoms with van der Waals surface area (Å²) in [5.74, 6) is 1.06. The van der Waals surface area contributed by atoms with Crippen LogP contribution in [0.5, 0.6) is 5.75 Å². The summed E-state index contributed by atoms with van der Waals surface area (Å²) >= 11 is 3.62. The van der Waals surface area contributed by atoms with Gasteiger partial charge in [-0.2, -0.15) is 0 Å². The van der Waals surface area contributed by atoms with Gasteiger partial charge in [0.15, 0.2) is 0 Å². The van der Waals surface area contributed by atoms with Crippen molar-refractivity contribution in [3.8, 4) is 5.75 Å². The first-order valence-corrected chi connectivity index (χ1v) is 8.26. The molecule has 2 aromatic rings. The van der Waals surface area contributed by atoms with Crippen molar-refractivity contribution in [3.63, 3.8) is 0 Å². The van der Waals surface area contributed by atoms with Crippen LogP contribution in [0.2, 0.25) is 0 Å². The lowest BCUT2D eigenvalue weighted by Crippen LogP contribution is -2.36. The number of ether oxygens (including phenoxy) is 1. The Labute approximate surface area is 133 Å². The number of halogens is 1. The van der Waals surface area contributed by atoms with E-state index >= 15 is 0 Å². The highest BCUT2D eigenvalue weighted by Crippen LogP contribution is 2.41. The maximum atomic E-state index is 6.78. The molecule has 0 bridgehead atoms. The summed E-state index contributed by atoms with van der Waals surface area (Å²) in [4.78, 5) is 0. The molecule has 0 saturated carbocycles. The lowest BCUT2D eigenvalue weighted by atomic mass is 9.85. The Bertz CT molecular complexity index is 712. The second-order valence-electron chi connectivity index (χ2n) is 6.14. The molecule has 0 amide bonds. The Morgan fingerprint density at radius 1 is 1.14 bits per heavy atom. The van der Waals surface area contributed by atoms with E-state index in [2.05, 4.69) is 52.3 Å². The number of hydrogen-bond acceptors (Lipinski definition) is 2. The molecule has 2 nitrogen and oxygen atoms in total. The van der Waals surface area contributed by atoms with E-state index < -0.39 is 0 Å². The topological polar surface area (TPSA) is 35.2 Å². The van der Waals surface area contributed by atoms with Crippen molar-refractivity contribution in [1.82, 2.24) is 0 Å². The molecule has 1 aliphatic carbocycles. The first-order chi connectivity index (χ1) is 10.2. The third-order valence-electron chi connectivity index (χ3n) is 4.73. The van der Waals surface area contributed by atoms with Crippen LogP contribution in [0, 0.1) is 0 Å². The van der Waals surface area contributed by atoms with Gasteiger partial charge in [0, 0.05) is 16.4 Å². The van der Waals surface area contributed by atoms with E-state index in [-0.39, 0.29) is 5.54 Å². The number of hydrogen-bond donors (Lipinski definition) is 1. The summed E-state index contributed by atoms with van der Waals surface area (Å²) in [6.07, 6.45) is 3.92. The number of nitrogens with two attached hydrogens (primary N) is 1. The van der Waals surface area contributed by atoms with Gasteiger partial charge in [0.2, 0.25) is 0 Å². The molecule has 1 unspecified atom stereocenters. The monoisotopic (exact) mass is 343 g/mol. The second kappa shape index (κ2) is 4.85. The molecule has 2 aromatic carbocycles. The molecule has 0 fully saturated rings. The van der Waals surface area contributed by atoms with Gasteiger partial charge in [0.25, 0.3) is 0 Å². The predicted molar refractivity (Wildman–Crippen MR) is 87.7 cm³/mol. The van der Waals surface area contributed by atoms with Gasteiger partial charge < -0.3 is 10.5 Å². The Hall–Kier alpha value is -1.32. The Balaban J connectivity index is 1.75. The lowest BCUT2D eigenvalue weighted by molar-refractivity contribution is 0.347. The van der Waals surface area contributed by atoms with Gasteiger partial charge >= 0.3 is 0 Å². The Morgan fingerprint density at radius 3 is 2.90 bits per heavy atom. The maximum absolute atomic E-state index is 6.78. The lowest BCUT2D eigenvalue weighted by Gasteiger charge is -2.26. The number of rotatable bonds is 2. The molecule has 0 spiro atoms. The minimum atomic E-state index is -0.267. The highest BCUT2D eigenvalue weighted by atomic mass is 79.9. The quantitative estimate of drug-likeness (QED) is 0.901. The van der Waals surface area contributed by atoms with Gasteiger partial charge in [-0.05, 0) is 53.6 Å². The van der Waals surface area contributed by atoms with E-state index in [1.165, 1.54) is 22.3 Å². The largest absolute Gasteiger partial charge is 0.493 e. The van der Waals surface area contributed by atoms with Crippen LogP contribution in [-0.4, -0.2) is 6.61 Å². The van der Waals surface area contributed by atoms with Crippen LogP contribution in [0.1, 0.15) is 28.7 Å². The summed E-state index contributed by atoms with van der Waals surface area (Å²) in [6.45, 7) is 0.785. The summed E-state index contributed by atoms with van der Waals surface area (Å²) in [5, 5.41) is 0. The number of aryl methyl sites for hydroxylation is 1. The molecule has 0 radical (unpaired) electrons. The summed E-state index contributed by atoms with van der Waals surface area (Å²) in [7, 11) is 0. The molecule has 1 aliphatic heterocycles. The predicted octanol–water partition coefficient (Wildman–Crippen LogP) is 3.73. The van der Waals surface area contributed by atoms with Crippen molar-refractivity contribution in [2.75, 3.05) is 6.61 Å². The molecule has 108 valence electrons. The minimum Gasteiger partial charge on any atom is -0.493 e. The van der Waals surface area contributed by atoms with E-state index in [1.807, 2.05) is 0 Å². The fourth-order valence-electron chi connectivity index (χ4n) is 3.72. The summed E-state index contributed by atoms with van der Waals surface area (Å²) < 4.78 is 6.97. The van der Waals surface area contributed by atoms with E-state index in [1.54, 1.807) is 0 Å². The van der Waals surface area contributed by atoms with Crippen LogP contribution < -0.4 is 10.5 Å². The van der Waals surface area contributed by atoms with Crippen LogP contribution in [-0.2, 0) is 24.8 Å². The van der Waals surface area contributed by atoms with Gasteiger partial charge in [-0.15, -0.1) is 0 Å². The van der Waals surface area contributed by atoms with Gasteiger partial charge in [-0.1, -0.05) is 40.2 Å². The average Bonchev–Trinajstić information content (AvgIpc) is 3.05.